The van der Waals surface area contributed by atoms with E-state index in [-0.39, 0.29) is 0 Å². The Balaban J connectivity index is 2.17. The van der Waals surface area contributed by atoms with Crippen LogP contribution in [0.15, 0.2) is 0 Å². The average molecular weight is 261 g/mol. The van der Waals surface area contributed by atoms with Gasteiger partial charge in [-0.1, -0.05) is 26.7 Å². The van der Waals surface area contributed by atoms with Crippen molar-refractivity contribution < 1.29 is 8.42 Å². The minimum Gasteiger partial charge on any atom is -0.302 e. The van der Waals surface area contributed by atoms with Gasteiger partial charge in [0, 0.05) is 12.8 Å². The maximum absolute atomic E-state index is 11.1. The fourth-order valence-electron chi connectivity index (χ4n) is 2.36. The first-order valence-corrected chi connectivity index (χ1v) is 8.83. The zero-order chi connectivity index (χ0) is 12.9. The van der Waals surface area contributed by atoms with E-state index >= 15 is 0 Å². The van der Waals surface area contributed by atoms with Crippen molar-refractivity contribution in [2.45, 2.75) is 39.5 Å². The molecule has 0 N–H and O–H groups in total. The van der Waals surface area contributed by atoms with E-state index in [1.165, 1.54) is 31.9 Å². The topological polar surface area (TPSA) is 37.4 Å². The van der Waals surface area contributed by atoms with Crippen LogP contribution in [0.3, 0.4) is 0 Å². The Hall–Kier alpha value is -0.0900. The number of likely N-dealkylation sites (tertiary alicyclic amines) is 1. The Labute approximate surface area is 106 Å². The molecule has 0 aromatic carbocycles. The first-order valence-electron chi connectivity index (χ1n) is 6.77. The molecule has 0 bridgehead atoms. The minimum absolute atomic E-state index is 0.309. The van der Waals surface area contributed by atoms with E-state index in [0.717, 1.165) is 31.5 Å². The summed E-state index contributed by atoms with van der Waals surface area (Å²) in [6.45, 7) is 7.44. The van der Waals surface area contributed by atoms with E-state index in [4.69, 9.17) is 0 Å². The standard InChI is InChI=1S/C13H27NO2S/c1-12(2)4-5-13-6-8-14(9-7-13)10-11-17(3,15)16/h12-13H,4-11H2,1-3H3. The molecule has 1 saturated heterocycles. The van der Waals surface area contributed by atoms with Crippen LogP contribution in [-0.2, 0) is 9.84 Å². The lowest BCUT2D eigenvalue weighted by Gasteiger charge is -2.32. The normalized spacial score (nSPS) is 20.0. The van der Waals surface area contributed by atoms with Crippen LogP contribution in [0.2, 0.25) is 0 Å². The fraction of sp³-hybridized carbons (Fsp3) is 1.00. The number of piperidine rings is 1. The van der Waals surface area contributed by atoms with Gasteiger partial charge in [0.2, 0.25) is 0 Å². The van der Waals surface area contributed by atoms with Crippen LogP contribution in [0.25, 0.3) is 0 Å². The summed E-state index contributed by atoms with van der Waals surface area (Å²) in [6, 6.07) is 0. The van der Waals surface area contributed by atoms with Crippen molar-refractivity contribution in [3.05, 3.63) is 0 Å². The van der Waals surface area contributed by atoms with Gasteiger partial charge in [-0.3, -0.25) is 0 Å². The molecular weight excluding hydrogens is 234 g/mol. The Morgan fingerprint density at radius 1 is 1.24 bits per heavy atom. The van der Waals surface area contributed by atoms with Crippen LogP contribution in [0.4, 0.5) is 0 Å². The van der Waals surface area contributed by atoms with Crippen LogP contribution in [-0.4, -0.2) is 45.0 Å². The molecule has 1 fully saturated rings. The summed E-state index contributed by atoms with van der Waals surface area (Å²) in [6.07, 6.45) is 6.49. The highest BCUT2D eigenvalue weighted by atomic mass is 32.2. The summed E-state index contributed by atoms with van der Waals surface area (Å²) in [5.41, 5.74) is 0. The van der Waals surface area contributed by atoms with Gasteiger partial charge >= 0.3 is 0 Å². The summed E-state index contributed by atoms with van der Waals surface area (Å²) >= 11 is 0. The number of hydrogen-bond donors (Lipinski definition) is 0. The lowest BCUT2D eigenvalue weighted by Crippen LogP contribution is -2.36. The van der Waals surface area contributed by atoms with Gasteiger partial charge in [-0.25, -0.2) is 8.42 Å². The van der Waals surface area contributed by atoms with Crippen molar-refractivity contribution in [1.82, 2.24) is 4.90 Å². The zero-order valence-corrected chi connectivity index (χ0v) is 12.3. The van der Waals surface area contributed by atoms with Crippen LogP contribution < -0.4 is 0 Å². The second-order valence-corrected chi connectivity index (χ2v) is 8.15. The number of hydrogen-bond acceptors (Lipinski definition) is 3. The average Bonchev–Trinajstić information content (AvgIpc) is 2.24. The minimum atomic E-state index is -2.80. The second-order valence-electron chi connectivity index (χ2n) is 5.89. The highest BCUT2D eigenvalue weighted by molar-refractivity contribution is 7.90. The molecule has 0 saturated carbocycles. The van der Waals surface area contributed by atoms with E-state index in [1.807, 2.05) is 0 Å². The van der Waals surface area contributed by atoms with Crippen LogP contribution in [0.5, 0.6) is 0 Å². The first-order chi connectivity index (χ1) is 7.87. The van der Waals surface area contributed by atoms with Crippen molar-refractivity contribution in [1.29, 1.82) is 0 Å². The predicted octanol–water partition coefficient (Wildman–Crippen LogP) is 2.18. The molecule has 1 rings (SSSR count). The Kier molecular flexibility index (Phi) is 5.93. The maximum atomic E-state index is 11.1. The molecule has 1 aliphatic rings. The molecule has 1 aliphatic heterocycles. The van der Waals surface area contributed by atoms with E-state index < -0.39 is 9.84 Å². The summed E-state index contributed by atoms with van der Waals surface area (Å²) in [7, 11) is -2.80. The van der Waals surface area contributed by atoms with E-state index in [1.54, 1.807) is 0 Å². The third kappa shape index (κ3) is 7.04. The second kappa shape index (κ2) is 6.74. The molecule has 4 heteroatoms. The first kappa shape index (κ1) is 15.0. The summed E-state index contributed by atoms with van der Waals surface area (Å²) < 4.78 is 22.2. The third-order valence-electron chi connectivity index (χ3n) is 3.64. The number of rotatable bonds is 6. The molecule has 3 nitrogen and oxygen atoms in total. The van der Waals surface area contributed by atoms with Gasteiger partial charge in [-0.15, -0.1) is 0 Å². The SMILES string of the molecule is CC(C)CCC1CCN(CCS(C)(=O)=O)CC1. The molecule has 0 atom stereocenters. The van der Waals surface area contributed by atoms with E-state index in [2.05, 4.69) is 18.7 Å². The molecule has 0 aliphatic carbocycles. The van der Waals surface area contributed by atoms with E-state index in [9.17, 15) is 8.42 Å². The number of nitrogens with zero attached hydrogens (tertiary/aromatic N) is 1. The van der Waals surface area contributed by atoms with Crippen molar-refractivity contribution in [3.63, 3.8) is 0 Å². The zero-order valence-electron chi connectivity index (χ0n) is 11.5. The van der Waals surface area contributed by atoms with Gasteiger partial charge in [0.05, 0.1) is 5.75 Å². The van der Waals surface area contributed by atoms with Crippen LogP contribution >= 0.6 is 0 Å². The Morgan fingerprint density at radius 3 is 2.29 bits per heavy atom. The smallest absolute Gasteiger partial charge is 0.148 e. The Bertz CT molecular complexity index is 303. The maximum Gasteiger partial charge on any atom is 0.148 e. The largest absolute Gasteiger partial charge is 0.302 e. The molecular formula is C13H27NO2S. The van der Waals surface area contributed by atoms with Crippen molar-refractivity contribution >= 4 is 9.84 Å². The Morgan fingerprint density at radius 2 is 1.82 bits per heavy atom. The van der Waals surface area contributed by atoms with Crippen molar-refractivity contribution in [2.24, 2.45) is 11.8 Å². The molecule has 0 unspecified atom stereocenters. The third-order valence-corrected chi connectivity index (χ3v) is 4.56. The summed E-state index contributed by atoms with van der Waals surface area (Å²) in [4.78, 5) is 2.30. The van der Waals surface area contributed by atoms with Crippen LogP contribution in [0, 0.1) is 11.8 Å². The highest BCUT2D eigenvalue weighted by Gasteiger charge is 2.19. The fourth-order valence-corrected chi connectivity index (χ4v) is 2.95. The molecule has 17 heavy (non-hydrogen) atoms. The van der Waals surface area contributed by atoms with Crippen molar-refractivity contribution in [3.8, 4) is 0 Å². The molecule has 0 amide bonds. The molecule has 102 valence electrons. The van der Waals surface area contributed by atoms with Gasteiger partial charge in [-0.05, 0) is 37.8 Å². The summed E-state index contributed by atoms with van der Waals surface area (Å²) in [5.74, 6) is 1.98. The van der Waals surface area contributed by atoms with Crippen molar-refractivity contribution in [2.75, 3.05) is 31.6 Å². The molecule has 0 aromatic rings. The lowest BCUT2D eigenvalue weighted by atomic mass is 9.90. The van der Waals surface area contributed by atoms with Gasteiger partial charge in [0.1, 0.15) is 9.84 Å². The molecule has 0 spiro atoms. The van der Waals surface area contributed by atoms with Gasteiger partial charge in [0.15, 0.2) is 0 Å². The monoisotopic (exact) mass is 261 g/mol. The van der Waals surface area contributed by atoms with Crippen LogP contribution in [0.1, 0.15) is 39.5 Å². The lowest BCUT2D eigenvalue weighted by molar-refractivity contribution is 0.183. The molecule has 0 aromatic heterocycles. The van der Waals surface area contributed by atoms with E-state index in [0.29, 0.717) is 5.75 Å². The number of sulfone groups is 1. The molecule has 1 heterocycles. The quantitative estimate of drug-likeness (QED) is 0.735. The molecule has 0 radical (unpaired) electrons. The predicted molar refractivity (Wildman–Crippen MR) is 72.9 cm³/mol. The highest BCUT2D eigenvalue weighted by Crippen LogP contribution is 2.23. The van der Waals surface area contributed by atoms with Gasteiger partial charge in [0.25, 0.3) is 0 Å². The van der Waals surface area contributed by atoms with Gasteiger partial charge in [-0.2, -0.15) is 0 Å². The van der Waals surface area contributed by atoms with Gasteiger partial charge < -0.3 is 4.90 Å². The summed E-state index contributed by atoms with van der Waals surface area (Å²) in [5, 5.41) is 0.